The number of ether oxygens (including phenoxy) is 1. The van der Waals surface area contributed by atoms with E-state index < -0.39 is 15.8 Å². The summed E-state index contributed by atoms with van der Waals surface area (Å²) in [4.78, 5) is 15.3. The first-order valence-corrected chi connectivity index (χ1v) is 9.76. The second-order valence-electron chi connectivity index (χ2n) is 6.02. The van der Waals surface area contributed by atoms with Gasteiger partial charge in [-0.2, -0.15) is 8.42 Å². The van der Waals surface area contributed by atoms with Crippen LogP contribution in [-0.2, 0) is 14.8 Å². The molecule has 0 spiro atoms. The van der Waals surface area contributed by atoms with Crippen LogP contribution in [0.25, 0.3) is 4.91 Å². The predicted molar refractivity (Wildman–Crippen MR) is 95.5 cm³/mol. The van der Waals surface area contributed by atoms with Gasteiger partial charge >= 0.3 is 6.09 Å². The molecule has 1 aromatic carbocycles. The number of nitrogens with zero attached hydrogens (tertiary/aromatic N) is 3. The van der Waals surface area contributed by atoms with Crippen molar-refractivity contribution in [2.24, 2.45) is 4.40 Å². The Morgan fingerprint density at radius 1 is 1.19 bits per heavy atom. The number of amides is 1. The van der Waals surface area contributed by atoms with Crippen LogP contribution in [0.1, 0.15) is 19.4 Å². The zero-order valence-corrected chi connectivity index (χ0v) is 15.4. The first kappa shape index (κ1) is 18.4. The third kappa shape index (κ3) is 3.44. The number of carbonyl (C=O) groups is 1. The van der Waals surface area contributed by atoms with Crippen molar-refractivity contribution in [1.29, 1.82) is 0 Å². The highest BCUT2D eigenvalue weighted by Gasteiger charge is 2.35. The molecule has 0 N–H and O–H groups in total. The Kier molecular flexibility index (Phi) is 4.99. The quantitative estimate of drug-likeness (QED) is 0.784. The van der Waals surface area contributed by atoms with Gasteiger partial charge < -0.3 is 14.5 Å². The average Bonchev–Trinajstić information content (AvgIpc) is 2.85. The van der Waals surface area contributed by atoms with E-state index in [1.165, 1.54) is 24.3 Å². The standard InChI is InChI=1S/C17H20FN3O4S/c1-3-25-17(22)21-10-8-20(9-11-21)16-12(2)15(26(23,24)19-16)13-4-6-14(18)7-5-13/h4-7H,3,8-11H2,1-2H3. The lowest BCUT2D eigenvalue weighted by molar-refractivity contribution is 0.0921. The highest BCUT2D eigenvalue weighted by Crippen LogP contribution is 2.33. The molecular formula is C17H20FN3O4S. The second kappa shape index (κ2) is 7.06. The van der Waals surface area contributed by atoms with Crippen LogP contribution >= 0.6 is 0 Å². The molecule has 0 atom stereocenters. The normalized spacial score (nSPS) is 19.6. The molecule has 2 aliphatic rings. The number of halogens is 1. The van der Waals surface area contributed by atoms with Gasteiger partial charge in [-0.1, -0.05) is 12.1 Å². The molecule has 2 heterocycles. The zero-order chi connectivity index (χ0) is 18.9. The number of sulfonamides is 1. The smallest absolute Gasteiger partial charge is 0.409 e. The van der Waals surface area contributed by atoms with Crippen LogP contribution in [0.15, 0.2) is 34.2 Å². The van der Waals surface area contributed by atoms with E-state index in [2.05, 4.69) is 4.40 Å². The first-order chi connectivity index (χ1) is 12.3. The van der Waals surface area contributed by atoms with Gasteiger partial charge in [0.25, 0.3) is 10.0 Å². The molecule has 0 aliphatic carbocycles. The van der Waals surface area contributed by atoms with Gasteiger partial charge in [0.2, 0.25) is 0 Å². The Balaban J connectivity index is 1.81. The fourth-order valence-electron chi connectivity index (χ4n) is 3.10. The minimum Gasteiger partial charge on any atom is -0.450 e. The Morgan fingerprint density at radius 3 is 2.38 bits per heavy atom. The van der Waals surface area contributed by atoms with Gasteiger partial charge in [-0.05, 0) is 31.5 Å². The molecule has 0 saturated carbocycles. The van der Waals surface area contributed by atoms with Crippen LogP contribution in [0, 0.1) is 5.82 Å². The van der Waals surface area contributed by atoms with E-state index in [0.29, 0.717) is 49.8 Å². The van der Waals surface area contributed by atoms with Crippen molar-refractivity contribution in [1.82, 2.24) is 9.80 Å². The van der Waals surface area contributed by atoms with Crippen LogP contribution in [-0.4, -0.2) is 62.9 Å². The predicted octanol–water partition coefficient (Wildman–Crippen LogP) is 2.07. The van der Waals surface area contributed by atoms with Crippen LogP contribution in [0.2, 0.25) is 0 Å². The summed E-state index contributed by atoms with van der Waals surface area (Å²) >= 11 is 0. The van der Waals surface area contributed by atoms with Gasteiger partial charge in [0.1, 0.15) is 16.6 Å². The Labute approximate surface area is 151 Å². The first-order valence-electron chi connectivity index (χ1n) is 8.32. The molecule has 1 fully saturated rings. The van der Waals surface area contributed by atoms with Crippen molar-refractivity contribution in [2.75, 3.05) is 32.8 Å². The number of piperazine rings is 1. The molecule has 0 unspecified atom stereocenters. The van der Waals surface area contributed by atoms with Crippen LogP contribution in [0.3, 0.4) is 0 Å². The summed E-state index contributed by atoms with van der Waals surface area (Å²) in [6, 6.07) is 5.31. The highest BCUT2D eigenvalue weighted by molar-refractivity contribution is 8.00. The van der Waals surface area contributed by atoms with Gasteiger partial charge in [-0.3, -0.25) is 0 Å². The number of benzene rings is 1. The summed E-state index contributed by atoms with van der Waals surface area (Å²) in [6.45, 7) is 5.53. The van der Waals surface area contributed by atoms with Crippen molar-refractivity contribution in [3.63, 3.8) is 0 Å². The van der Waals surface area contributed by atoms with E-state index in [-0.39, 0.29) is 11.0 Å². The van der Waals surface area contributed by atoms with Crippen LogP contribution in [0.5, 0.6) is 0 Å². The van der Waals surface area contributed by atoms with Crippen molar-refractivity contribution in [2.45, 2.75) is 13.8 Å². The molecule has 3 rings (SSSR count). The molecule has 2 aliphatic heterocycles. The van der Waals surface area contributed by atoms with Gasteiger partial charge in [0.05, 0.1) is 6.61 Å². The molecule has 0 aromatic heterocycles. The van der Waals surface area contributed by atoms with E-state index in [9.17, 15) is 17.6 Å². The summed E-state index contributed by atoms with van der Waals surface area (Å²) < 4.78 is 47.1. The van der Waals surface area contributed by atoms with E-state index in [0.717, 1.165) is 0 Å². The Morgan fingerprint density at radius 2 is 1.81 bits per heavy atom. The summed E-state index contributed by atoms with van der Waals surface area (Å²) in [5.41, 5.74) is 0.939. The van der Waals surface area contributed by atoms with Crippen molar-refractivity contribution in [3.05, 3.63) is 41.2 Å². The topological polar surface area (TPSA) is 79.3 Å². The molecule has 9 heteroatoms. The van der Waals surface area contributed by atoms with Gasteiger partial charge in [0.15, 0.2) is 0 Å². The SMILES string of the molecule is CCOC(=O)N1CCN(C2=NS(=O)(=O)C(c3ccc(F)cc3)=C2C)CC1. The molecule has 1 amide bonds. The van der Waals surface area contributed by atoms with E-state index in [1.54, 1.807) is 18.7 Å². The molecule has 1 saturated heterocycles. The average molecular weight is 381 g/mol. The molecule has 0 radical (unpaired) electrons. The number of rotatable bonds is 2. The van der Waals surface area contributed by atoms with Crippen molar-refractivity contribution < 1.29 is 22.3 Å². The molecule has 1 aromatic rings. The lowest BCUT2D eigenvalue weighted by Gasteiger charge is -2.35. The fraction of sp³-hybridized carbons (Fsp3) is 0.412. The number of amidine groups is 1. The zero-order valence-electron chi connectivity index (χ0n) is 14.6. The van der Waals surface area contributed by atoms with E-state index >= 15 is 0 Å². The molecule has 0 bridgehead atoms. The van der Waals surface area contributed by atoms with Crippen LogP contribution in [0.4, 0.5) is 9.18 Å². The van der Waals surface area contributed by atoms with E-state index in [4.69, 9.17) is 4.74 Å². The summed E-state index contributed by atoms with van der Waals surface area (Å²) in [5, 5.41) is 0. The highest BCUT2D eigenvalue weighted by atomic mass is 32.2. The maximum absolute atomic E-state index is 13.1. The van der Waals surface area contributed by atoms with Crippen molar-refractivity contribution in [3.8, 4) is 0 Å². The van der Waals surface area contributed by atoms with Gasteiger partial charge in [-0.25, -0.2) is 9.18 Å². The van der Waals surface area contributed by atoms with E-state index in [1.807, 2.05) is 4.90 Å². The molecule has 26 heavy (non-hydrogen) atoms. The summed E-state index contributed by atoms with van der Waals surface area (Å²) in [7, 11) is -3.84. The minimum absolute atomic E-state index is 0.0975. The Bertz CT molecular complexity index is 870. The largest absolute Gasteiger partial charge is 0.450 e. The monoisotopic (exact) mass is 381 g/mol. The second-order valence-corrected chi connectivity index (χ2v) is 7.56. The molecular weight excluding hydrogens is 361 g/mol. The number of hydrogen-bond donors (Lipinski definition) is 0. The maximum Gasteiger partial charge on any atom is 0.409 e. The van der Waals surface area contributed by atoms with Crippen LogP contribution < -0.4 is 0 Å². The Hall–Kier alpha value is -2.42. The number of carbonyl (C=O) groups excluding carboxylic acids is 1. The molecule has 7 nitrogen and oxygen atoms in total. The summed E-state index contributed by atoms with van der Waals surface area (Å²) in [6.07, 6.45) is -0.368. The molecule has 140 valence electrons. The number of hydrogen-bond acceptors (Lipinski definition) is 5. The summed E-state index contributed by atoms with van der Waals surface area (Å²) in [5.74, 6) is -0.0496. The third-order valence-electron chi connectivity index (χ3n) is 4.35. The fourth-order valence-corrected chi connectivity index (χ4v) is 4.58. The lowest BCUT2D eigenvalue weighted by atomic mass is 10.1. The van der Waals surface area contributed by atoms with Gasteiger partial charge in [-0.15, -0.1) is 4.40 Å². The third-order valence-corrected chi connectivity index (χ3v) is 5.82. The maximum atomic E-state index is 13.1. The van der Waals surface area contributed by atoms with Gasteiger partial charge in [0, 0.05) is 31.8 Å². The minimum atomic E-state index is -3.84. The lowest BCUT2D eigenvalue weighted by Crippen LogP contribution is -2.50. The van der Waals surface area contributed by atoms with Crippen molar-refractivity contribution >= 4 is 26.9 Å².